The van der Waals surface area contributed by atoms with Crippen LogP contribution >= 0.6 is 0 Å². The van der Waals surface area contributed by atoms with Crippen LogP contribution in [0.4, 0.5) is 5.69 Å². The average molecular weight is 163 g/mol. The van der Waals surface area contributed by atoms with Gasteiger partial charge in [-0.15, -0.1) is 0 Å². The second-order valence-corrected chi connectivity index (χ2v) is 2.56. The van der Waals surface area contributed by atoms with E-state index in [1.54, 1.807) is 31.1 Å². The van der Waals surface area contributed by atoms with Gasteiger partial charge in [-0.1, -0.05) is 19.0 Å². The summed E-state index contributed by atoms with van der Waals surface area (Å²) in [4.78, 5) is 10.0. The fourth-order valence-electron chi connectivity index (χ4n) is 0.926. The van der Waals surface area contributed by atoms with E-state index in [1.165, 1.54) is 0 Å². The van der Waals surface area contributed by atoms with Gasteiger partial charge in [-0.25, -0.2) is 0 Å². The third kappa shape index (κ3) is 2.10. The summed E-state index contributed by atoms with van der Waals surface area (Å²) in [5, 5.41) is 11.7. The van der Waals surface area contributed by atoms with Crippen LogP contribution in [0.1, 0.15) is 0 Å². The van der Waals surface area contributed by atoms with E-state index in [0.717, 1.165) is 11.2 Å². The normalized spacial score (nSPS) is 9.17. The molecule has 0 unspecified atom stereocenters. The van der Waals surface area contributed by atoms with Crippen LogP contribution in [0.2, 0.25) is 6.82 Å². The van der Waals surface area contributed by atoms with Gasteiger partial charge >= 0.3 is 6.92 Å². The molecule has 0 saturated heterocycles. The smallest absolute Gasteiger partial charge is 0.320 e. The average Bonchev–Trinajstić information content (AvgIpc) is 2.06. The molecule has 62 valence electrons. The van der Waals surface area contributed by atoms with Gasteiger partial charge in [0.05, 0.1) is 0 Å². The van der Waals surface area contributed by atoms with Gasteiger partial charge in [0.25, 0.3) is 0 Å². The fraction of sp³-hybridized carbons (Fsp3) is 0.125. The summed E-state index contributed by atoms with van der Waals surface area (Å²) in [6, 6.07) is 7.04. The van der Waals surface area contributed by atoms with E-state index in [-0.39, 0.29) is 0 Å². The molecule has 4 heteroatoms. The van der Waals surface area contributed by atoms with Crippen molar-refractivity contribution in [1.82, 2.24) is 0 Å². The van der Waals surface area contributed by atoms with Gasteiger partial charge in [-0.05, 0) is 17.6 Å². The Morgan fingerprint density at radius 3 is 2.42 bits per heavy atom. The monoisotopic (exact) mass is 163 g/mol. The molecule has 1 aromatic rings. The van der Waals surface area contributed by atoms with E-state index in [9.17, 15) is 4.79 Å². The standard InChI is InChI=1S/C8H10BNO2/c1-9(12)7-2-4-8(5-3-7)10-6-11/h2-6,12H,1H3,(H,10,11). The summed E-state index contributed by atoms with van der Waals surface area (Å²) in [6.45, 7) is 1.23. The van der Waals surface area contributed by atoms with E-state index < -0.39 is 6.92 Å². The maximum atomic E-state index is 10.0. The lowest BCUT2D eigenvalue weighted by Gasteiger charge is -2.01. The van der Waals surface area contributed by atoms with Crippen LogP contribution in [0.25, 0.3) is 0 Å². The molecule has 0 aliphatic carbocycles. The van der Waals surface area contributed by atoms with Crippen molar-refractivity contribution in [2.75, 3.05) is 5.32 Å². The van der Waals surface area contributed by atoms with Crippen LogP contribution in [0.3, 0.4) is 0 Å². The topological polar surface area (TPSA) is 49.3 Å². The Morgan fingerprint density at radius 2 is 2.00 bits per heavy atom. The summed E-state index contributed by atoms with van der Waals surface area (Å²) in [7, 11) is 0. The van der Waals surface area contributed by atoms with Crippen molar-refractivity contribution in [1.29, 1.82) is 0 Å². The molecule has 0 spiro atoms. The van der Waals surface area contributed by atoms with Gasteiger partial charge in [0, 0.05) is 5.69 Å². The quantitative estimate of drug-likeness (QED) is 0.489. The molecule has 0 bridgehead atoms. The highest BCUT2D eigenvalue weighted by Crippen LogP contribution is 2.02. The maximum absolute atomic E-state index is 10.0. The first-order valence-electron chi connectivity index (χ1n) is 3.72. The third-order valence-electron chi connectivity index (χ3n) is 1.62. The molecule has 0 atom stereocenters. The minimum Gasteiger partial charge on any atom is -0.447 e. The number of hydrogen-bond acceptors (Lipinski definition) is 2. The minimum absolute atomic E-state index is 0.463. The van der Waals surface area contributed by atoms with Crippen molar-refractivity contribution >= 4 is 24.5 Å². The van der Waals surface area contributed by atoms with Crippen molar-refractivity contribution in [2.24, 2.45) is 0 Å². The first-order valence-corrected chi connectivity index (χ1v) is 3.72. The highest BCUT2D eigenvalue weighted by atomic mass is 16.2. The largest absolute Gasteiger partial charge is 0.447 e. The zero-order valence-electron chi connectivity index (χ0n) is 6.82. The lowest BCUT2D eigenvalue weighted by Crippen LogP contribution is -2.25. The molecule has 1 amide bonds. The van der Waals surface area contributed by atoms with Gasteiger partial charge in [-0.2, -0.15) is 0 Å². The molecule has 0 heterocycles. The number of rotatable bonds is 3. The fourth-order valence-corrected chi connectivity index (χ4v) is 0.926. The Kier molecular flexibility index (Phi) is 2.88. The van der Waals surface area contributed by atoms with E-state index in [1.807, 2.05) is 0 Å². The molecule has 0 aromatic heterocycles. The number of benzene rings is 1. The van der Waals surface area contributed by atoms with Crippen LogP contribution in [0.5, 0.6) is 0 Å². The first kappa shape index (κ1) is 8.81. The molecule has 1 aromatic carbocycles. The van der Waals surface area contributed by atoms with Crippen molar-refractivity contribution < 1.29 is 9.82 Å². The summed E-state index contributed by atoms with van der Waals surface area (Å²) < 4.78 is 0. The van der Waals surface area contributed by atoms with Gasteiger partial charge in [0.2, 0.25) is 6.41 Å². The third-order valence-corrected chi connectivity index (χ3v) is 1.62. The molecule has 0 saturated carbocycles. The molecule has 0 fully saturated rings. The van der Waals surface area contributed by atoms with Gasteiger partial charge in [0.1, 0.15) is 0 Å². The SMILES string of the molecule is CB(O)c1ccc(NC=O)cc1. The first-order chi connectivity index (χ1) is 5.74. The zero-order valence-corrected chi connectivity index (χ0v) is 6.82. The second-order valence-electron chi connectivity index (χ2n) is 2.56. The predicted molar refractivity (Wildman–Crippen MR) is 49.6 cm³/mol. The Bertz CT molecular complexity index is 258. The van der Waals surface area contributed by atoms with Crippen LogP contribution in [0.15, 0.2) is 24.3 Å². The van der Waals surface area contributed by atoms with Crippen LogP contribution in [0, 0.1) is 0 Å². The predicted octanol–water partition coefficient (Wildman–Crippen LogP) is 0.0755. The summed E-state index contributed by atoms with van der Waals surface area (Å²) in [5.41, 5.74) is 1.57. The maximum Gasteiger partial charge on any atom is 0.320 e. The highest BCUT2D eigenvalue weighted by molar-refractivity contribution is 6.64. The van der Waals surface area contributed by atoms with E-state index >= 15 is 0 Å². The lowest BCUT2D eigenvalue weighted by molar-refractivity contribution is -0.105. The Labute approximate surface area is 71.5 Å². The van der Waals surface area contributed by atoms with E-state index in [4.69, 9.17) is 5.02 Å². The molecule has 0 radical (unpaired) electrons. The molecule has 3 nitrogen and oxygen atoms in total. The van der Waals surface area contributed by atoms with Gasteiger partial charge < -0.3 is 10.3 Å². The van der Waals surface area contributed by atoms with E-state index in [2.05, 4.69) is 5.32 Å². The van der Waals surface area contributed by atoms with E-state index in [0.29, 0.717) is 6.41 Å². The van der Waals surface area contributed by atoms with Crippen molar-refractivity contribution in [3.63, 3.8) is 0 Å². The second kappa shape index (κ2) is 3.92. The van der Waals surface area contributed by atoms with Crippen molar-refractivity contribution in [3.05, 3.63) is 24.3 Å². The number of nitrogens with one attached hydrogen (secondary N) is 1. The van der Waals surface area contributed by atoms with Crippen LogP contribution in [-0.4, -0.2) is 18.3 Å². The number of amides is 1. The molecule has 12 heavy (non-hydrogen) atoms. The molecule has 2 N–H and O–H groups in total. The molecular weight excluding hydrogens is 153 g/mol. The minimum atomic E-state index is -0.463. The van der Waals surface area contributed by atoms with Crippen molar-refractivity contribution in [3.8, 4) is 0 Å². The zero-order chi connectivity index (χ0) is 8.97. The number of hydrogen-bond donors (Lipinski definition) is 2. The highest BCUT2D eigenvalue weighted by Gasteiger charge is 2.04. The Morgan fingerprint density at radius 1 is 1.42 bits per heavy atom. The van der Waals surface area contributed by atoms with Crippen LogP contribution < -0.4 is 10.8 Å². The molecule has 0 aliphatic rings. The summed E-state index contributed by atoms with van der Waals surface area (Å²) >= 11 is 0. The molecule has 1 rings (SSSR count). The van der Waals surface area contributed by atoms with Crippen LogP contribution in [-0.2, 0) is 4.79 Å². The number of anilines is 1. The Balaban J connectivity index is 2.78. The summed E-state index contributed by atoms with van der Waals surface area (Å²) in [5.74, 6) is 0. The van der Waals surface area contributed by atoms with Crippen molar-refractivity contribution in [2.45, 2.75) is 6.82 Å². The summed E-state index contributed by atoms with van der Waals surface area (Å²) in [6.07, 6.45) is 0.622. The number of carbonyl (C=O) groups excluding carboxylic acids is 1. The lowest BCUT2D eigenvalue weighted by atomic mass is 9.64. The number of carbonyl (C=O) groups is 1. The van der Waals surface area contributed by atoms with Gasteiger partial charge in [-0.3, -0.25) is 4.79 Å². The molecule has 0 aliphatic heterocycles. The van der Waals surface area contributed by atoms with Gasteiger partial charge in [0.15, 0.2) is 0 Å². The molecular formula is C8H10BNO2. The Hall–Kier alpha value is -1.29.